The highest BCUT2D eigenvalue weighted by molar-refractivity contribution is 5.80. The molecule has 0 saturated heterocycles. The number of methoxy groups -OCH3 is 1. The number of aromatic nitrogens is 2. The maximum Gasteiger partial charge on any atom is 0.191 e. The standard InChI is InChI=1S/C14H25N5O/c1-9-10(8-17-19-9)7-16-13(15-4)18-11-6-12(20-5)14(11,2)3/h8,11-12H,6-7H2,1-5H3,(H,17,19)(H2,15,16,18). The quantitative estimate of drug-likeness (QED) is 0.572. The van der Waals surface area contributed by atoms with Crippen molar-refractivity contribution in [3.05, 3.63) is 17.5 Å². The summed E-state index contributed by atoms with van der Waals surface area (Å²) in [7, 11) is 3.56. The molecule has 0 bridgehead atoms. The van der Waals surface area contributed by atoms with E-state index >= 15 is 0 Å². The second kappa shape index (κ2) is 5.83. The smallest absolute Gasteiger partial charge is 0.191 e. The highest BCUT2D eigenvalue weighted by Crippen LogP contribution is 2.42. The van der Waals surface area contributed by atoms with Gasteiger partial charge in [-0.05, 0) is 13.3 Å². The molecule has 1 aromatic rings. The van der Waals surface area contributed by atoms with Crippen LogP contribution in [0, 0.1) is 12.3 Å². The number of ether oxygens (including phenoxy) is 1. The summed E-state index contributed by atoms with van der Waals surface area (Å²) in [6.07, 6.45) is 3.16. The predicted octanol–water partition coefficient (Wildman–Crippen LogP) is 1.20. The molecule has 2 unspecified atom stereocenters. The number of hydrogen-bond acceptors (Lipinski definition) is 3. The molecular formula is C14H25N5O. The van der Waals surface area contributed by atoms with Crippen LogP contribution in [0.25, 0.3) is 0 Å². The fourth-order valence-corrected chi connectivity index (χ4v) is 2.62. The second-order valence-corrected chi connectivity index (χ2v) is 5.92. The van der Waals surface area contributed by atoms with Crippen molar-refractivity contribution in [3.63, 3.8) is 0 Å². The zero-order valence-electron chi connectivity index (χ0n) is 12.9. The molecule has 0 aliphatic heterocycles. The van der Waals surface area contributed by atoms with Crippen LogP contribution in [-0.2, 0) is 11.3 Å². The summed E-state index contributed by atoms with van der Waals surface area (Å²) < 4.78 is 5.47. The summed E-state index contributed by atoms with van der Waals surface area (Å²) in [5, 5.41) is 13.7. The zero-order valence-corrected chi connectivity index (χ0v) is 12.9. The number of aryl methyl sites for hydroxylation is 1. The number of guanidine groups is 1. The minimum Gasteiger partial charge on any atom is -0.381 e. The normalized spacial score (nSPS) is 25.1. The molecule has 20 heavy (non-hydrogen) atoms. The summed E-state index contributed by atoms with van der Waals surface area (Å²) in [5.41, 5.74) is 2.35. The van der Waals surface area contributed by atoms with Crippen molar-refractivity contribution < 1.29 is 4.74 Å². The van der Waals surface area contributed by atoms with Gasteiger partial charge in [0.1, 0.15) is 0 Å². The van der Waals surface area contributed by atoms with E-state index in [0.29, 0.717) is 18.7 Å². The van der Waals surface area contributed by atoms with Crippen molar-refractivity contribution in [3.8, 4) is 0 Å². The molecule has 2 rings (SSSR count). The first-order chi connectivity index (χ1) is 9.48. The Kier molecular flexibility index (Phi) is 4.32. The van der Waals surface area contributed by atoms with Crippen molar-refractivity contribution in [1.82, 2.24) is 20.8 Å². The Labute approximate surface area is 120 Å². The van der Waals surface area contributed by atoms with Crippen LogP contribution in [-0.4, -0.2) is 42.5 Å². The fraction of sp³-hybridized carbons (Fsp3) is 0.714. The molecule has 1 aliphatic rings. The number of rotatable bonds is 4. The van der Waals surface area contributed by atoms with Crippen LogP contribution >= 0.6 is 0 Å². The van der Waals surface area contributed by atoms with Gasteiger partial charge in [0.05, 0.1) is 12.3 Å². The SMILES string of the molecule is CN=C(NCc1cn[nH]c1C)NC1CC(OC)C1(C)C. The molecule has 1 fully saturated rings. The Bertz CT molecular complexity index is 480. The number of nitrogens with one attached hydrogen (secondary N) is 3. The Morgan fingerprint density at radius 1 is 1.60 bits per heavy atom. The van der Waals surface area contributed by atoms with Gasteiger partial charge < -0.3 is 15.4 Å². The first kappa shape index (κ1) is 14.8. The van der Waals surface area contributed by atoms with E-state index in [2.05, 4.69) is 39.7 Å². The molecule has 112 valence electrons. The van der Waals surface area contributed by atoms with Crippen LogP contribution in [0.15, 0.2) is 11.2 Å². The summed E-state index contributed by atoms with van der Waals surface area (Å²) in [6, 6.07) is 0.379. The number of aromatic amines is 1. The first-order valence-corrected chi connectivity index (χ1v) is 6.97. The highest BCUT2D eigenvalue weighted by Gasteiger charge is 2.48. The zero-order chi connectivity index (χ0) is 14.8. The Hall–Kier alpha value is -1.56. The van der Waals surface area contributed by atoms with Gasteiger partial charge in [-0.1, -0.05) is 13.8 Å². The Balaban J connectivity index is 1.87. The van der Waals surface area contributed by atoms with Crippen molar-refractivity contribution in [2.24, 2.45) is 10.4 Å². The average molecular weight is 279 g/mol. The Morgan fingerprint density at radius 2 is 2.35 bits per heavy atom. The maximum absolute atomic E-state index is 5.47. The van der Waals surface area contributed by atoms with Gasteiger partial charge in [0.25, 0.3) is 0 Å². The van der Waals surface area contributed by atoms with Gasteiger partial charge in [0.15, 0.2) is 5.96 Å². The van der Waals surface area contributed by atoms with Crippen molar-refractivity contribution >= 4 is 5.96 Å². The molecule has 1 heterocycles. The van der Waals surface area contributed by atoms with Gasteiger partial charge in [-0.15, -0.1) is 0 Å². The molecule has 1 aliphatic carbocycles. The van der Waals surface area contributed by atoms with Gasteiger partial charge >= 0.3 is 0 Å². The molecule has 1 aromatic heterocycles. The monoisotopic (exact) mass is 279 g/mol. The third kappa shape index (κ3) is 2.80. The van der Waals surface area contributed by atoms with Crippen molar-refractivity contribution in [2.75, 3.05) is 14.2 Å². The summed E-state index contributed by atoms with van der Waals surface area (Å²) in [6.45, 7) is 7.16. The van der Waals surface area contributed by atoms with E-state index in [1.807, 2.05) is 13.1 Å². The number of H-pyrrole nitrogens is 1. The summed E-state index contributed by atoms with van der Waals surface area (Å²) in [5.74, 6) is 0.818. The summed E-state index contributed by atoms with van der Waals surface area (Å²) in [4.78, 5) is 4.28. The number of hydrogen-bond donors (Lipinski definition) is 3. The van der Waals surface area contributed by atoms with Gasteiger partial charge in [-0.25, -0.2) is 0 Å². The molecule has 0 spiro atoms. The molecule has 1 saturated carbocycles. The largest absolute Gasteiger partial charge is 0.381 e. The van der Waals surface area contributed by atoms with Crippen LogP contribution in [0.4, 0.5) is 0 Å². The molecule has 6 heteroatoms. The molecule has 3 N–H and O–H groups in total. The summed E-state index contributed by atoms with van der Waals surface area (Å²) >= 11 is 0. The molecule has 0 amide bonds. The lowest BCUT2D eigenvalue weighted by Gasteiger charge is -2.51. The maximum atomic E-state index is 5.47. The Morgan fingerprint density at radius 3 is 2.85 bits per heavy atom. The number of aliphatic imine (C=N–C) groups is 1. The minimum atomic E-state index is 0.123. The fourth-order valence-electron chi connectivity index (χ4n) is 2.62. The lowest BCUT2D eigenvalue weighted by molar-refractivity contribution is -0.0922. The van der Waals surface area contributed by atoms with Crippen LogP contribution in [0.2, 0.25) is 0 Å². The lowest BCUT2D eigenvalue weighted by atomic mass is 9.64. The van der Waals surface area contributed by atoms with Crippen LogP contribution in [0.3, 0.4) is 0 Å². The van der Waals surface area contributed by atoms with E-state index in [9.17, 15) is 0 Å². The van der Waals surface area contributed by atoms with Gasteiger partial charge in [-0.3, -0.25) is 10.1 Å². The second-order valence-electron chi connectivity index (χ2n) is 5.92. The van der Waals surface area contributed by atoms with E-state index in [4.69, 9.17) is 4.74 Å². The highest BCUT2D eigenvalue weighted by atomic mass is 16.5. The first-order valence-electron chi connectivity index (χ1n) is 6.97. The third-order valence-electron chi connectivity index (χ3n) is 4.38. The number of nitrogens with zero attached hydrogens (tertiary/aromatic N) is 2. The predicted molar refractivity (Wildman–Crippen MR) is 79.6 cm³/mol. The van der Waals surface area contributed by atoms with E-state index in [0.717, 1.165) is 23.6 Å². The van der Waals surface area contributed by atoms with E-state index in [-0.39, 0.29) is 5.41 Å². The van der Waals surface area contributed by atoms with Crippen molar-refractivity contribution in [2.45, 2.75) is 45.9 Å². The van der Waals surface area contributed by atoms with Crippen molar-refractivity contribution in [1.29, 1.82) is 0 Å². The van der Waals surface area contributed by atoms with E-state index in [1.165, 1.54) is 0 Å². The molecule has 0 aromatic carbocycles. The molecular weight excluding hydrogens is 254 g/mol. The van der Waals surface area contributed by atoms with E-state index < -0.39 is 0 Å². The van der Waals surface area contributed by atoms with Gasteiger partial charge in [-0.2, -0.15) is 5.10 Å². The average Bonchev–Trinajstić information content (AvgIpc) is 2.83. The van der Waals surface area contributed by atoms with Gasteiger partial charge in [0, 0.05) is 43.4 Å². The van der Waals surface area contributed by atoms with E-state index in [1.54, 1.807) is 14.2 Å². The molecule has 2 atom stereocenters. The minimum absolute atomic E-state index is 0.123. The third-order valence-corrected chi connectivity index (χ3v) is 4.38. The van der Waals surface area contributed by atoms with Gasteiger partial charge in [0.2, 0.25) is 0 Å². The van der Waals surface area contributed by atoms with Crippen LogP contribution < -0.4 is 10.6 Å². The topological polar surface area (TPSA) is 74.3 Å². The van der Waals surface area contributed by atoms with Crippen LogP contribution in [0.5, 0.6) is 0 Å². The lowest BCUT2D eigenvalue weighted by Crippen LogP contribution is -2.63. The molecule has 0 radical (unpaired) electrons. The molecule has 6 nitrogen and oxygen atoms in total. The van der Waals surface area contributed by atoms with Crippen LogP contribution in [0.1, 0.15) is 31.5 Å².